The second-order valence-corrected chi connectivity index (χ2v) is 3.27. The Morgan fingerprint density at radius 3 is 2.73 bits per heavy atom. The van der Waals surface area contributed by atoms with Gasteiger partial charge in [-0.3, -0.25) is 14.9 Å². The van der Waals surface area contributed by atoms with Crippen LogP contribution >= 0.6 is 23.7 Å². The van der Waals surface area contributed by atoms with Gasteiger partial charge in [-0.25, -0.2) is 0 Å². The number of hydrogen-bond donors (Lipinski definition) is 0. The molecule has 0 radical (unpaired) electrons. The van der Waals surface area contributed by atoms with Gasteiger partial charge < -0.3 is 4.79 Å². The van der Waals surface area contributed by atoms with Crippen LogP contribution in [0, 0.1) is 10.1 Å². The summed E-state index contributed by atoms with van der Waals surface area (Å²) in [7, 11) is 0. The predicted octanol–water partition coefficient (Wildman–Crippen LogP) is 0.370. The number of thioether (sulfide) groups is 1. The lowest BCUT2D eigenvalue weighted by atomic mass is 10.9. The molecule has 0 aliphatic heterocycles. The molecule has 0 aromatic carbocycles. The molecule has 0 fully saturated rings. The molecule has 5 nitrogen and oxygen atoms in total. The van der Waals surface area contributed by atoms with Gasteiger partial charge in [-0.2, -0.15) is 0 Å². The highest BCUT2D eigenvalue weighted by Gasteiger charge is 2.08. The minimum Gasteiger partial charge on any atom is -0.302 e. The maximum atomic E-state index is 10.6. The van der Waals surface area contributed by atoms with Crippen molar-refractivity contribution in [2.24, 2.45) is 0 Å². The van der Waals surface area contributed by atoms with E-state index < -0.39 is 4.33 Å². The Kier molecular flexibility index (Phi) is 5.86. The lowest BCUT2D eigenvalue weighted by molar-refractivity contribution is -0.283. The molecule has 0 aliphatic rings. The maximum absolute atomic E-state index is 10.6. The quantitative estimate of drug-likeness (QED) is 0.273. The van der Waals surface area contributed by atoms with E-state index in [2.05, 4.69) is 0 Å². The van der Waals surface area contributed by atoms with Crippen molar-refractivity contribution in [1.29, 1.82) is 0 Å². The third kappa shape index (κ3) is 7.34. The van der Waals surface area contributed by atoms with E-state index in [1.165, 1.54) is 0 Å². The Balaban J connectivity index is 3.37. The zero-order chi connectivity index (χ0) is 8.69. The van der Waals surface area contributed by atoms with Crippen LogP contribution in [0.4, 0.5) is 0 Å². The molecule has 0 aliphatic carbocycles. The van der Waals surface area contributed by atoms with Gasteiger partial charge in [0.1, 0.15) is 16.4 Å². The van der Waals surface area contributed by atoms with Crippen LogP contribution in [-0.4, -0.2) is 27.2 Å². The van der Waals surface area contributed by atoms with Crippen LogP contribution in [0.1, 0.15) is 0 Å². The summed E-state index contributed by atoms with van der Waals surface area (Å²) in [5.74, 6) is -0.122. The molecule has 0 bridgehead atoms. The average Bonchev–Trinajstić information content (AvgIpc) is 1.97. The van der Waals surface area contributed by atoms with Gasteiger partial charge in [-0.15, -0.1) is 0 Å². The molecule has 0 spiro atoms. The summed E-state index contributed by atoms with van der Waals surface area (Å²) >= 11 is 1.11. The molecule has 0 amide bonds. The molecular weight excluding hydrogens is 190 g/mol. The van der Waals surface area contributed by atoms with Gasteiger partial charge in [0.15, 0.2) is 0 Å². The van der Waals surface area contributed by atoms with Gasteiger partial charge in [0.25, 0.3) is 0 Å². The summed E-state index contributed by atoms with van der Waals surface area (Å²) < 4.78 is -0.640. The van der Waals surface area contributed by atoms with E-state index in [0.29, 0.717) is 18.2 Å². The van der Waals surface area contributed by atoms with E-state index in [0.717, 1.165) is 11.8 Å². The van der Waals surface area contributed by atoms with Gasteiger partial charge >= 0.3 is 0 Å². The minimum absolute atomic E-state index is 0.0666. The highest BCUT2D eigenvalue weighted by molar-refractivity contribution is 8.15. The Bertz CT molecular complexity index is 171. The number of carbonyl (C=O) groups is 2. The fourth-order valence-electron chi connectivity index (χ4n) is 0.274. The van der Waals surface area contributed by atoms with Crippen LogP contribution < -0.4 is 0 Å². The van der Waals surface area contributed by atoms with Gasteiger partial charge in [-0.1, -0.05) is 11.8 Å². The first-order valence-corrected chi connectivity index (χ1v) is 4.46. The predicted molar refractivity (Wildman–Crippen MR) is 43.0 cm³/mol. The summed E-state index contributed by atoms with van der Waals surface area (Å²) in [5, 5.41) is 9.37. The van der Waals surface area contributed by atoms with Crippen LogP contribution in [-0.2, 0) is 9.59 Å². The van der Waals surface area contributed by atoms with Gasteiger partial charge in [0.05, 0.1) is 5.75 Å². The molecule has 0 heterocycles. The summed E-state index contributed by atoms with van der Waals surface area (Å²) in [6.07, 6.45) is 0.583. The van der Waals surface area contributed by atoms with Crippen LogP contribution in [0.5, 0.6) is 0 Å². The molecule has 62 valence electrons. The van der Waals surface area contributed by atoms with Crippen LogP contribution in [0.15, 0.2) is 0 Å². The molecule has 7 heteroatoms. The normalized spacial score (nSPS) is 9.09. The highest BCUT2D eigenvalue weighted by atomic mass is 32.2. The van der Waals surface area contributed by atoms with Crippen molar-refractivity contribution in [2.45, 2.75) is 0 Å². The molecule has 0 aromatic heterocycles. The minimum atomic E-state index is -0.640. The van der Waals surface area contributed by atoms with Gasteiger partial charge in [0, 0.05) is 0 Å². The highest BCUT2D eigenvalue weighted by Crippen LogP contribution is 2.07. The Morgan fingerprint density at radius 2 is 2.27 bits per heavy atom. The van der Waals surface area contributed by atoms with E-state index in [-0.39, 0.29) is 16.6 Å². The lowest BCUT2D eigenvalue weighted by Crippen LogP contribution is -1.99. The molecule has 0 rings (SSSR count). The smallest absolute Gasteiger partial charge is 0.237 e. The van der Waals surface area contributed by atoms with Crippen molar-refractivity contribution in [2.75, 3.05) is 11.5 Å². The first kappa shape index (κ1) is 10.4. The van der Waals surface area contributed by atoms with E-state index in [4.69, 9.17) is 0 Å². The van der Waals surface area contributed by atoms with Crippen molar-refractivity contribution in [3.63, 3.8) is 0 Å². The molecule has 0 saturated carbocycles. The summed E-state index contributed by atoms with van der Waals surface area (Å²) in [4.78, 5) is 30.0. The molecule has 0 aromatic rings. The Labute approximate surface area is 71.2 Å². The topological polar surface area (TPSA) is 77.3 Å². The largest absolute Gasteiger partial charge is 0.302 e. The first-order chi connectivity index (χ1) is 5.16. The van der Waals surface area contributed by atoms with Crippen molar-refractivity contribution in [1.82, 2.24) is 0 Å². The third-order valence-corrected chi connectivity index (χ3v) is 2.15. The van der Waals surface area contributed by atoms with E-state index >= 15 is 0 Å². The maximum Gasteiger partial charge on any atom is 0.237 e. The summed E-state index contributed by atoms with van der Waals surface area (Å²) in [6.45, 7) is 0. The average molecular weight is 195 g/mol. The first-order valence-electron chi connectivity index (χ1n) is 2.53. The SMILES string of the molecule is O=CCSC(=O)CS[N+](=O)[O-]. The second-order valence-electron chi connectivity index (χ2n) is 1.35. The van der Waals surface area contributed by atoms with Crippen LogP contribution in [0.2, 0.25) is 0 Å². The number of rotatable bonds is 5. The van der Waals surface area contributed by atoms with E-state index in [1.54, 1.807) is 0 Å². The summed E-state index contributed by atoms with van der Waals surface area (Å²) in [5.41, 5.74) is 0. The van der Waals surface area contributed by atoms with Crippen molar-refractivity contribution in [3.8, 4) is 0 Å². The lowest BCUT2D eigenvalue weighted by Gasteiger charge is -1.89. The molecule has 0 atom stereocenters. The molecule has 0 unspecified atom stereocenters. The van der Waals surface area contributed by atoms with Crippen molar-refractivity contribution >= 4 is 35.1 Å². The zero-order valence-electron chi connectivity index (χ0n) is 5.39. The monoisotopic (exact) mass is 195 g/mol. The molecule has 11 heavy (non-hydrogen) atoms. The molecular formula is C4H5NO4S2. The number of nitro groups is 1. The number of aldehydes is 1. The summed E-state index contributed by atoms with van der Waals surface area (Å²) in [6, 6.07) is 0. The Hall–Kier alpha value is -0.560. The molecule has 0 saturated heterocycles. The van der Waals surface area contributed by atoms with E-state index in [9.17, 15) is 19.7 Å². The fraction of sp³-hybridized carbons (Fsp3) is 0.500. The Morgan fingerprint density at radius 1 is 1.64 bits per heavy atom. The van der Waals surface area contributed by atoms with Crippen molar-refractivity contribution < 1.29 is 13.9 Å². The second kappa shape index (κ2) is 6.17. The number of hydrogen-bond acceptors (Lipinski definition) is 6. The standard InChI is InChI=1S/C4H5NO4S2/c6-1-2-10-4(7)3-11-5(8)9/h1H,2-3H2. The number of nitrogens with zero attached hydrogens (tertiary/aromatic N) is 1. The van der Waals surface area contributed by atoms with Crippen LogP contribution in [0.25, 0.3) is 0 Å². The van der Waals surface area contributed by atoms with E-state index in [1.807, 2.05) is 0 Å². The van der Waals surface area contributed by atoms with Gasteiger partial charge in [-0.05, 0) is 0 Å². The molecule has 0 N–H and O–H groups in total. The van der Waals surface area contributed by atoms with Crippen LogP contribution in [0.3, 0.4) is 0 Å². The van der Waals surface area contributed by atoms with Gasteiger partial charge in [0.2, 0.25) is 17.1 Å². The fourth-order valence-corrected chi connectivity index (χ4v) is 1.23. The zero-order valence-corrected chi connectivity index (χ0v) is 7.02. The van der Waals surface area contributed by atoms with Crippen molar-refractivity contribution in [3.05, 3.63) is 10.1 Å². The third-order valence-electron chi connectivity index (χ3n) is 0.600. The number of carbonyl (C=O) groups excluding carboxylic acids is 2.